The summed E-state index contributed by atoms with van der Waals surface area (Å²) in [6.07, 6.45) is -12.2. The molecule has 0 spiro atoms. The molecule has 0 aromatic heterocycles. The van der Waals surface area contributed by atoms with Crippen molar-refractivity contribution in [2.45, 2.75) is 191 Å². The summed E-state index contributed by atoms with van der Waals surface area (Å²) < 4.78 is 34.9. The van der Waals surface area contributed by atoms with Gasteiger partial charge in [-0.3, -0.25) is 4.79 Å². The number of aliphatic hydroxyl groups excluding tert-OH is 11. The van der Waals surface area contributed by atoms with Gasteiger partial charge in [0.25, 0.3) is 0 Å². The Morgan fingerprint density at radius 2 is 1.35 bits per heavy atom. The van der Waals surface area contributed by atoms with Crippen LogP contribution in [0.3, 0.4) is 0 Å². The molecule has 0 bridgehead atoms. The lowest BCUT2D eigenvalue weighted by molar-refractivity contribution is -0.327. The molecule has 0 unspecified atom stereocenters. The molecule has 0 amide bonds. The van der Waals surface area contributed by atoms with E-state index in [-0.39, 0.29) is 58.5 Å². The summed E-state index contributed by atoms with van der Waals surface area (Å²) >= 11 is 0. The van der Waals surface area contributed by atoms with E-state index in [4.69, 9.17) is 28.4 Å². The fourth-order valence-corrected chi connectivity index (χ4v) is 14.9. The highest BCUT2D eigenvalue weighted by Gasteiger charge is 2.69. The lowest BCUT2D eigenvalue weighted by atomic mass is 9.34. The van der Waals surface area contributed by atoms with Crippen molar-refractivity contribution in [3.8, 4) is 0 Å². The third-order valence-corrected chi connectivity index (χ3v) is 18.8. The van der Waals surface area contributed by atoms with Gasteiger partial charge in [-0.05, 0) is 103 Å². The molecule has 0 radical (unpaired) electrons. The number of rotatable bonds is 9. The van der Waals surface area contributed by atoms with E-state index in [1.807, 2.05) is 0 Å². The molecule has 18 nitrogen and oxygen atoms in total. The quantitative estimate of drug-likeness (QED) is 0.0797. The van der Waals surface area contributed by atoms with Gasteiger partial charge < -0.3 is 84.6 Å². The van der Waals surface area contributed by atoms with E-state index in [0.29, 0.717) is 12.8 Å². The van der Waals surface area contributed by atoms with Crippen LogP contribution in [0.5, 0.6) is 0 Å². The number of esters is 1. The third kappa shape index (κ3) is 8.18. The van der Waals surface area contributed by atoms with E-state index in [1.165, 1.54) is 5.57 Å². The van der Waals surface area contributed by atoms with Gasteiger partial charge in [0.2, 0.25) is 6.29 Å². The highest BCUT2D eigenvalue weighted by atomic mass is 16.7. The molecule has 3 saturated heterocycles. The third-order valence-electron chi connectivity index (χ3n) is 18.8. The summed E-state index contributed by atoms with van der Waals surface area (Å²) in [4.78, 5) is 14.4. The molecular weight excluding hydrogens is 852 g/mol. The van der Waals surface area contributed by atoms with Crippen LogP contribution in [-0.2, 0) is 33.2 Å². The molecule has 4 saturated carbocycles. The van der Waals surface area contributed by atoms with Crippen LogP contribution in [-0.4, -0.2) is 181 Å². The smallest absolute Gasteiger partial charge is 0.311 e. The molecule has 3 aliphatic heterocycles. The molecule has 0 aromatic carbocycles. The molecule has 8 aliphatic rings. The first kappa shape index (κ1) is 50.0. The van der Waals surface area contributed by atoms with E-state index in [9.17, 15) is 61.0 Å². The van der Waals surface area contributed by atoms with Gasteiger partial charge in [-0.15, -0.1) is 0 Å². The summed E-state index contributed by atoms with van der Waals surface area (Å²) in [5.41, 5.74) is -0.0126. The number of hydrogen-bond donors (Lipinski definition) is 11. The second-order valence-electron chi connectivity index (χ2n) is 22.8. The van der Waals surface area contributed by atoms with Gasteiger partial charge in [0.15, 0.2) is 12.6 Å². The van der Waals surface area contributed by atoms with Crippen molar-refractivity contribution in [3.63, 3.8) is 0 Å². The van der Waals surface area contributed by atoms with Crippen LogP contribution in [0.4, 0.5) is 0 Å². The maximum atomic E-state index is 14.4. The molecule has 5 aliphatic carbocycles. The molecule has 0 aromatic rings. The lowest BCUT2D eigenvalue weighted by Gasteiger charge is -2.71. The van der Waals surface area contributed by atoms with Crippen LogP contribution in [0, 0.1) is 56.7 Å². The monoisotopic (exact) mass is 929 g/mol. The van der Waals surface area contributed by atoms with Crippen LogP contribution in [0.1, 0.15) is 99.3 Å². The highest BCUT2D eigenvalue weighted by Crippen LogP contribution is 2.75. The summed E-state index contributed by atoms with van der Waals surface area (Å²) in [6.45, 7) is 12.1. The largest absolute Gasteiger partial charge is 0.432 e. The Morgan fingerprint density at radius 1 is 0.708 bits per heavy atom. The fourth-order valence-electron chi connectivity index (χ4n) is 14.9. The fraction of sp³-hybridized carbons (Fsp3) is 0.936. The summed E-state index contributed by atoms with van der Waals surface area (Å²) in [6, 6.07) is 0. The van der Waals surface area contributed by atoms with Gasteiger partial charge in [0, 0.05) is 5.41 Å². The number of hydrogen-bond acceptors (Lipinski definition) is 18. The predicted octanol–water partition coefficient (Wildman–Crippen LogP) is -0.392. The minimum absolute atomic E-state index is 0.0641. The first-order valence-electron chi connectivity index (χ1n) is 23.9. The Bertz CT molecular complexity index is 1750. The normalized spacial score (nSPS) is 54.3. The van der Waals surface area contributed by atoms with Gasteiger partial charge in [0.1, 0.15) is 67.1 Å². The van der Waals surface area contributed by atoms with Gasteiger partial charge >= 0.3 is 5.97 Å². The van der Waals surface area contributed by atoms with E-state index in [1.54, 1.807) is 0 Å². The summed E-state index contributed by atoms with van der Waals surface area (Å²) in [5.74, 6) is -0.762. The van der Waals surface area contributed by atoms with Crippen molar-refractivity contribution in [1.29, 1.82) is 0 Å². The summed E-state index contributed by atoms with van der Waals surface area (Å²) in [5, 5.41) is 115. The van der Waals surface area contributed by atoms with Crippen LogP contribution >= 0.6 is 0 Å². The van der Waals surface area contributed by atoms with E-state index >= 15 is 0 Å². The van der Waals surface area contributed by atoms with Crippen LogP contribution in [0.25, 0.3) is 0 Å². The van der Waals surface area contributed by atoms with Crippen LogP contribution in [0.2, 0.25) is 0 Å². The molecule has 65 heavy (non-hydrogen) atoms. The molecule has 24 atom stereocenters. The minimum Gasteiger partial charge on any atom is -0.432 e. The van der Waals surface area contributed by atoms with Gasteiger partial charge in [-0.25, -0.2) is 0 Å². The molecule has 8 rings (SSSR count). The molecular formula is C47H76O18. The lowest BCUT2D eigenvalue weighted by Crippen LogP contribution is -2.66. The van der Waals surface area contributed by atoms with Gasteiger partial charge in [-0.2, -0.15) is 0 Å². The number of carbonyl (C=O) groups is 1. The van der Waals surface area contributed by atoms with Crippen LogP contribution in [0.15, 0.2) is 11.6 Å². The molecule has 7 fully saturated rings. The van der Waals surface area contributed by atoms with Crippen molar-refractivity contribution in [3.05, 3.63) is 11.6 Å². The predicted molar refractivity (Wildman–Crippen MR) is 226 cm³/mol. The Morgan fingerprint density at radius 3 is 2.03 bits per heavy atom. The molecule has 3 heterocycles. The Hall–Kier alpha value is -1.43. The SMILES string of the molecule is CC1(C)C[C@@H](C(=O)O[C@H]2O[C@@H](CO[C@@H]3O[C@H](CO)[C@@H](O)[C@@H](O)[C@@H]3O)[C@H](O)[C@@H](O)[C@@H]2O)[C@@H]2CC[C@@]3(C)C(=CC[C@@H]4[C@]5(C)CC[C@H](O[C@@H]6OC[C@@H](O)[C@H](O)[C@@H]6O)[C@@](C)(CO)[C@@H]5CC[C@@]43C)[C@@H]2C1. The first-order valence-corrected chi connectivity index (χ1v) is 23.9. The number of fused-ring (bicyclic) bond motifs is 7. The number of carbonyl (C=O) groups excluding carboxylic acids is 1. The second kappa shape index (κ2) is 18.1. The van der Waals surface area contributed by atoms with Crippen molar-refractivity contribution < 1.29 is 89.4 Å². The van der Waals surface area contributed by atoms with Crippen molar-refractivity contribution in [2.75, 3.05) is 26.4 Å². The van der Waals surface area contributed by atoms with Gasteiger partial charge in [0.05, 0.1) is 38.4 Å². The van der Waals surface area contributed by atoms with Crippen molar-refractivity contribution >= 4 is 5.97 Å². The maximum absolute atomic E-state index is 14.4. The second-order valence-corrected chi connectivity index (χ2v) is 22.8. The Kier molecular flexibility index (Phi) is 13.9. The molecule has 18 heteroatoms. The zero-order chi connectivity index (χ0) is 47.3. The average Bonchev–Trinajstić information content (AvgIpc) is 3.26. The molecule has 372 valence electrons. The standard InChI is InChI=1S/C47H76O18/c1-43(2)15-22-21(23(16-43)39(59)65-42-38(58)35(55)33(53)27(63-42)19-61-40-37(57)34(54)32(52)26(17-48)62-40)9-13-46(5)24(22)7-8-29-44(3)12-11-30(64-41-36(56)31(51)25(50)18-60-41)45(4,20-49)28(44)10-14-47(29,46)6/h7,21-23,25-38,40-42,48-58H,8-20H2,1-6H3/t21-,22-,23-,25-,26-,27+,28-,29-,30+,31+,32-,33+,34-,35-,36+,37+,38+,40-,41+,42-,44-,45+,46+,47+/m1/s1. The number of ether oxygens (including phenoxy) is 6. The van der Waals surface area contributed by atoms with E-state index < -0.39 is 123 Å². The minimum atomic E-state index is -1.80. The zero-order valence-corrected chi connectivity index (χ0v) is 38.6. The van der Waals surface area contributed by atoms with E-state index in [0.717, 1.165) is 44.9 Å². The maximum Gasteiger partial charge on any atom is 0.311 e. The Balaban J connectivity index is 0.980. The number of aliphatic hydroxyl groups is 11. The number of allylic oxidation sites excluding steroid dienone is 2. The van der Waals surface area contributed by atoms with Gasteiger partial charge in [-0.1, -0.05) is 53.2 Å². The highest BCUT2D eigenvalue weighted by molar-refractivity contribution is 5.73. The first-order chi connectivity index (χ1) is 30.5. The average molecular weight is 929 g/mol. The summed E-state index contributed by atoms with van der Waals surface area (Å²) in [7, 11) is 0. The van der Waals surface area contributed by atoms with Crippen molar-refractivity contribution in [1.82, 2.24) is 0 Å². The topological polar surface area (TPSA) is 295 Å². The van der Waals surface area contributed by atoms with Crippen molar-refractivity contribution in [2.24, 2.45) is 56.7 Å². The zero-order valence-electron chi connectivity index (χ0n) is 38.6. The molecule has 11 N–H and O–H groups in total. The van der Waals surface area contributed by atoms with Crippen LogP contribution < -0.4 is 0 Å². The Labute approximate surface area is 380 Å². The van der Waals surface area contributed by atoms with E-state index in [2.05, 4.69) is 47.6 Å².